The number of piperidine rings is 1. The van der Waals surface area contributed by atoms with Gasteiger partial charge in [-0.15, -0.1) is 0 Å². The minimum atomic E-state index is 0.754. The van der Waals surface area contributed by atoms with Crippen LogP contribution in [0.3, 0.4) is 0 Å². The summed E-state index contributed by atoms with van der Waals surface area (Å²) in [5.41, 5.74) is 1.36. The zero-order chi connectivity index (χ0) is 11.7. The summed E-state index contributed by atoms with van der Waals surface area (Å²) in [6.45, 7) is 7.91. The van der Waals surface area contributed by atoms with Gasteiger partial charge in [0.1, 0.15) is 0 Å². The van der Waals surface area contributed by atoms with Gasteiger partial charge in [-0.3, -0.25) is 4.90 Å². The minimum Gasteiger partial charge on any atom is -0.334 e. The van der Waals surface area contributed by atoms with E-state index in [2.05, 4.69) is 26.7 Å². The van der Waals surface area contributed by atoms with Gasteiger partial charge in [0.15, 0.2) is 0 Å². The Bertz CT molecular complexity index is 373. The van der Waals surface area contributed by atoms with Crippen molar-refractivity contribution < 1.29 is 0 Å². The van der Waals surface area contributed by atoms with E-state index < -0.39 is 0 Å². The monoisotopic (exact) mass is 234 g/mol. The molecule has 1 aromatic rings. The number of likely N-dealkylation sites (tertiary alicyclic amines) is 1. The maximum absolute atomic E-state index is 4.26. The fourth-order valence-corrected chi connectivity index (χ4v) is 3.33. The van der Waals surface area contributed by atoms with Gasteiger partial charge in [0.05, 0.1) is 12.0 Å². The highest BCUT2D eigenvalue weighted by atomic mass is 15.2. The molecule has 3 heterocycles. The lowest BCUT2D eigenvalue weighted by atomic mass is 9.92. The van der Waals surface area contributed by atoms with E-state index in [0.717, 1.165) is 25.0 Å². The molecular weight excluding hydrogens is 212 g/mol. The Morgan fingerprint density at radius 3 is 3.29 bits per heavy atom. The van der Waals surface area contributed by atoms with Crippen LogP contribution in [0, 0.1) is 5.92 Å². The van der Waals surface area contributed by atoms with Crippen molar-refractivity contribution in [2.45, 2.75) is 38.9 Å². The standard InChI is InChI=1S/C13H22N4/c1-2-16-10-15-7-12(16)9-17-5-3-4-11-6-14-8-13(11)17/h7,10-11,13-14H,2-6,8-9H2,1H3. The number of hydrogen-bond donors (Lipinski definition) is 1. The third-order valence-corrected chi connectivity index (χ3v) is 4.30. The summed E-state index contributed by atoms with van der Waals surface area (Å²) in [6, 6.07) is 0.754. The van der Waals surface area contributed by atoms with Crippen molar-refractivity contribution in [3.05, 3.63) is 18.2 Å². The first-order valence-corrected chi connectivity index (χ1v) is 6.82. The number of aromatic nitrogens is 2. The molecule has 0 aromatic carbocycles. The second kappa shape index (κ2) is 4.78. The van der Waals surface area contributed by atoms with Crippen LogP contribution in [-0.2, 0) is 13.1 Å². The summed E-state index contributed by atoms with van der Waals surface area (Å²) in [5.74, 6) is 0.877. The number of nitrogens with one attached hydrogen (secondary N) is 1. The molecule has 2 aliphatic heterocycles. The first-order valence-electron chi connectivity index (χ1n) is 6.82. The van der Waals surface area contributed by atoms with E-state index in [1.807, 2.05) is 12.5 Å². The van der Waals surface area contributed by atoms with Crippen LogP contribution in [0.1, 0.15) is 25.5 Å². The van der Waals surface area contributed by atoms with Crippen LogP contribution in [0.15, 0.2) is 12.5 Å². The molecule has 17 heavy (non-hydrogen) atoms. The maximum Gasteiger partial charge on any atom is 0.0948 e. The summed E-state index contributed by atoms with van der Waals surface area (Å²) in [7, 11) is 0. The molecular formula is C13H22N4. The van der Waals surface area contributed by atoms with E-state index in [9.17, 15) is 0 Å². The van der Waals surface area contributed by atoms with Crippen molar-refractivity contribution in [2.24, 2.45) is 5.92 Å². The lowest BCUT2D eigenvalue weighted by Crippen LogP contribution is -2.44. The molecule has 0 radical (unpaired) electrons. The van der Waals surface area contributed by atoms with Crippen molar-refractivity contribution >= 4 is 0 Å². The molecule has 0 aliphatic carbocycles. The molecule has 0 saturated carbocycles. The smallest absolute Gasteiger partial charge is 0.0948 e. The molecule has 2 fully saturated rings. The topological polar surface area (TPSA) is 33.1 Å². The van der Waals surface area contributed by atoms with Crippen LogP contribution >= 0.6 is 0 Å². The Hall–Kier alpha value is -0.870. The zero-order valence-corrected chi connectivity index (χ0v) is 10.6. The molecule has 2 aliphatic rings. The van der Waals surface area contributed by atoms with Gasteiger partial charge in [-0.1, -0.05) is 0 Å². The van der Waals surface area contributed by atoms with Gasteiger partial charge < -0.3 is 9.88 Å². The number of hydrogen-bond acceptors (Lipinski definition) is 3. The Morgan fingerprint density at radius 2 is 2.41 bits per heavy atom. The average molecular weight is 234 g/mol. The molecule has 1 N–H and O–H groups in total. The van der Waals surface area contributed by atoms with Crippen LogP contribution in [0.2, 0.25) is 0 Å². The minimum absolute atomic E-state index is 0.754. The van der Waals surface area contributed by atoms with Crippen LogP contribution in [0.5, 0.6) is 0 Å². The summed E-state index contributed by atoms with van der Waals surface area (Å²) in [5, 5.41) is 3.54. The van der Waals surface area contributed by atoms with E-state index in [1.165, 1.54) is 38.2 Å². The van der Waals surface area contributed by atoms with E-state index >= 15 is 0 Å². The second-order valence-electron chi connectivity index (χ2n) is 5.27. The Labute approximate surface area is 103 Å². The largest absolute Gasteiger partial charge is 0.334 e. The molecule has 2 atom stereocenters. The van der Waals surface area contributed by atoms with Crippen LogP contribution in [0.25, 0.3) is 0 Å². The molecule has 1 aromatic heterocycles. The molecule has 0 bridgehead atoms. The van der Waals surface area contributed by atoms with E-state index in [-0.39, 0.29) is 0 Å². The lowest BCUT2D eigenvalue weighted by molar-refractivity contribution is 0.115. The molecule has 4 nitrogen and oxygen atoms in total. The number of aryl methyl sites for hydroxylation is 1. The normalized spacial score (nSPS) is 29.5. The molecule has 94 valence electrons. The van der Waals surface area contributed by atoms with Crippen molar-refractivity contribution in [1.29, 1.82) is 0 Å². The van der Waals surface area contributed by atoms with Gasteiger partial charge in [0.25, 0.3) is 0 Å². The van der Waals surface area contributed by atoms with E-state index in [4.69, 9.17) is 0 Å². The second-order valence-corrected chi connectivity index (χ2v) is 5.27. The van der Waals surface area contributed by atoms with Crippen LogP contribution in [0.4, 0.5) is 0 Å². The third-order valence-electron chi connectivity index (χ3n) is 4.30. The highest BCUT2D eigenvalue weighted by molar-refractivity contribution is 5.01. The van der Waals surface area contributed by atoms with E-state index in [1.54, 1.807) is 0 Å². The van der Waals surface area contributed by atoms with Crippen molar-refractivity contribution in [1.82, 2.24) is 19.8 Å². The molecule has 4 heteroatoms. The fraction of sp³-hybridized carbons (Fsp3) is 0.769. The summed E-state index contributed by atoms with van der Waals surface area (Å²) in [4.78, 5) is 6.91. The quantitative estimate of drug-likeness (QED) is 0.850. The third kappa shape index (κ3) is 2.11. The van der Waals surface area contributed by atoms with Gasteiger partial charge >= 0.3 is 0 Å². The Balaban J connectivity index is 1.71. The predicted molar refractivity (Wildman–Crippen MR) is 67.7 cm³/mol. The van der Waals surface area contributed by atoms with Crippen molar-refractivity contribution in [3.8, 4) is 0 Å². The summed E-state index contributed by atoms with van der Waals surface area (Å²) >= 11 is 0. The lowest BCUT2D eigenvalue weighted by Gasteiger charge is -2.37. The molecule has 0 amide bonds. The SMILES string of the molecule is CCn1cncc1CN1CCCC2CNCC21. The van der Waals surface area contributed by atoms with Gasteiger partial charge in [-0.05, 0) is 38.8 Å². The summed E-state index contributed by atoms with van der Waals surface area (Å²) < 4.78 is 2.26. The molecule has 0 spiro atoms. The highest BCUT2D eigenvalue weighted by Crippen LogP contribution is 2.27. The van der Waals surface area contributed by atoms with Gasteiger partial charge in [-0.2, -0.15) is 0 Å². The van der Waals surface area contributed by atoms with Gasteiger partial charge in [0, 0.05) is 31.9 Å². The van der Waals surface area contributed by atoms with Crippen LogP contribution < -0.4 is 5.32 Å². The van der Waals surface area contributed by atoms with Crippen molar-refractivity contribution in [2.75, 3.05) is 19.6 Å². The average Bonchev–Trinajstić information content (AvgIpc) is 2.97. The number of rotatable bonds is 3. The van der Waals surface area contributed by atoms with Crippen molar-refractivity contribution in [3.63, 3.8) is 0 Å². The van der Waals surface area contributed by atoms with Gasteiger partial charge in [0.2, 0.25) is 0 Å². The first kappa shape index (κ1) is 11.2. The zero-order valence-electron chi connectivity index (χ0n) is 10.6. The Kier molecular flexibility index (Phi) is 3.16. The number of imidazole rings is 1. The Morgan fingerprint density at radius 1 is 1.47 bits per heavy atom. The van der Waals surface area contributed by atoms with E-state index in [0.29, 0.717) is 0 Å². The summed E-state index contributed by atoms with van der Waals surface area (Å²) in [6.07, 6.45) is 6.73. The number of fused-ring (bicyclic) bond motifs is 1. The highest BCUT2D eigenvalue weighted by Gasteiger charge is 2.34. The molecule has 2 unspecified atom stereocenters. The van der Waals surface area contributed by atoms with Crippen LogP contribution in [-0.4, -0.2) is 40.1 Å². The fourth-order valence-electron chi connectivity index (χ4n) is 3.33. The first-order chi connectivity index (χ1) is 8.38. The maximum atomic E-state index is 4.26. The molecule has 3 rings (SSSR count). The molecule has 2 saturated heterocycles. The predicted octanol–water partition coefficient (Wildman–Crippen LogP) is 1.09. The van der Waals surface area contributed by atoms with Gasteiger partial charge in [-0.25, -0.2) is 4.98 Å². The number of nitrogens with zero attached hydrogens (tertiary/aromatic N) is 3.